The molecule has 0 aliphatic heterocycles. The minimum atomic E-state index is -1.10. The predicted octanol–water partition coefficient (Wildman–Crippen LogP) is 1.81. The molecular formula is C9H11NO3. The van der Waals surface area contributed by atoms with E-state index in [1.807, 2.05) is 0 Å². The van der Waals surface area contributed by atoms with Crippen LogP contribution in [0.25, 0.3) is 0 Å². The van der Waals surface area contributed by atoms with E-state index in [2.05, 4.69) is 11.9 Å². The van der Waals surface area contributed by atoms with Crippen molar-refractivity contribution in [1.29, 1.82) is 0 Å². The molecule has 4 nitrogen and oxygen atoms in total. The van der Waals surface area contributed by atoms with Gasteiger partial charge in [0.15, 0.2) is 0 Å². The van der Waals surface area contributed by atoms with Gasteiger partial charge in [-0.15, -0.1) is 0 Å². The fourth-order valence-electron chi connectivity index (χ4n) is 1.61. The molecule has 1 fully saturated rings. The van der Waals surface area contributed by atoms with E-state index in [0.29, 0.717) is 5.76 Å². The maximum atomic E-state index is 10.5. The maximum Gasteiger partial charge on any atom is 0.392 e. The molecule has 1 N–H and O–H groups in total. The molecule has 1 aliphatic rings. The van der Waals surface area contributed by atoms with Gasteiger partial charge < -0.3 is 9.52 Å². The van der Waals surface area contributed by atoms with Gasteiger partial charge in [0.25, 0.3) is 0 Å². The number of oxazole rings is 1. The highest BCUT2D eigenvalue weighted by Crippen LogP contribution is 2.43. The van der Waals surface area contributed by atoms with Crippen LogP contribution < -0.4 is 0 Å². The molecule has 0 unspecified atom stereocenters. The summed E-state index contributed by atoms with van der Waals surface area (Å²) in [5.74, 6) is -0.603. The quantitative estimate of drug-likeness (QED) is 0.755. The Morgan fingerprint density at radius 2 is 2.38 bits per heavy atom. The van der Waals surface area contributed by atoms with Crippen molar-refractivity contribution in [2.45, 2.75) is 31.6 Å². The van der Waals surface area contributed by atoms with E-state index >= 15 is 0 Å². The molecule has 0 radical (unpaired) electrons. The SMILES string of the molecule is CC1(c2cnc(C(=O)O)o2)CCC1. The fourth-order valence-corrected chi connectivity index (χ4v) is 1.61. The van der Waals surface area contributed by atoms with Crippen LogP contribution in [-0.2, 0) is 5.41 Å². The lowest BCUT2D eigenvalue weighted by Gasteiger charge is -2.35. The zero-order valence-corrected chi connectivity index (χ0v) is 7.41. The Bertz CT molecular complexity index is 338. The summed E-state index contributed by atoms with van der Waals surface area (Å²) in [6, 6.07) is 0. The number of aromatic carboxylic acids is 1. The lowest BCUT2D eigenvalue weighted by Crippen LogP contribution is -2.29. The average molecular weight is 181 g/mol. The summed E-state index contributed by atoms with van der Waals surface area (Å²) in [7, 11) is 0. The van der Waals surface area contributed by atoms with Crippen LogP contribution in [0.2, 0.25) is 0 Å². The molecule has 1 heterocycles. The Hall–Kier alpha value is -1.32. The molecule has 2 rings (SSSR count). The topological polar surface area (TPSA) is 63.3 Å². The van der Waals surface area contributed by atoms with E-state index in [9.17, 15) is 4.79 Å². The molecule has 0 spiro atoms. The van der Waals surface area contributed by atoms with Crippen LogP contribution in [0.4, 0.5) is 0 Å². The van der Waals surface area contributed by atoms with Gasteiger partial charge in [0.2, 0.25) is 0 Å². The Balaban J connectivity index is 2.27. The maximum absolute atomic E-state index is 10.5. The molecule has 4 heteroatoms. The second-order valence-corrected chi connectivity index (χ2v) is 3.75. The third-order valence-electron chi connectivity index (χ3n) is 2.74. The van der Waals surface area contributed by atoms with Crippen molar-refractivity contribution in [3.8, 4) is 0 Å². The number of rotatable bonds is 2. The second-order valence-electron chi connectivity index (χ2n) is 3.75. The van der Waals surface area contributed by atoms with Gasteiger partial charge in [-0.1, -0.05) is 13.3 Å². The Morgan fingerprint density at radius 1 is 1.69 bits per heavy atom. The number of carboxylic acids is 1. The predicted molar refractivity (Wildman–Crippen MR) is 44.7 cm³/mol. The van der Waals surface area contributed by atoms with Gasteiger partial charge in [-0.05, 0) is 12.8 Å². The Morgan fingerprint density at radius 3 is 2.77 bits per heavy atom. The van der Waals surface area contributed by atoms with Gasteiger partial charge in [0.05, 0.1) is 6.20 Å². The van der Waals surface area contributed by atoms with Gasteiger partial charge in [-0.3, -0.25) is 0 Å². The molecule has 1 aromatic rings. The summed E-state index contributed by atoms with van der Waals surface area (Å²) >= 11 is 0. The molecule has 0 atom stereocenters. The molecule has 0 aromatic carbocycles. The van der Waals surface area contributed by atoms with E-state index in [1.165, 1.54) is 12.6 Å². The molecule has 70 valence electrons. The van der Waals surface area contributed by atoms with Crippen molar-refractivity contribution < 1.29 is 14.3 Å². The third-order valence-corrected chi connectivity index (χ3v) is 2.74. The standard InChI is InChI=1S/C9H11NO3/c1-9(3-2-4-9)6-5-10-7(13-6)8(11)12/h5H,2-4H2,1H3,(H,11,12). The first-order valence-electron chi connectivity index (χ1n) is 4.31. The first kappa shape index (κ1) is 8.29. The largest absolute Gasteiger partial charge is 0.474 e. The number of hydrogen-bond acceptors (Lipinski definition) is 3. The molecule has 1 saturated carbocycles. The highest BCUT2D eigenvalue weighted by atomic mass is 16.4. The normalized spacial score (nSPS) is 19.5. The van der Waals surface area contributed by atoms with Crippen molar-refractivity contribution in [3.63, 3.8) is 0 Å². The van der Waals surface area contributed by atoms with Crippen molar-refractivity contribution in [2.24, 2.45) is 0 Å². The number of hydrogen-bond donors (Lipinski definition) is 1. The van der Waals surface area contributed by atoms with Crippen LogP contribution in [-0.4, -0.2) is 16.1 Å². The molecule has 13 heavy (non-hydrogen) atoms. The van der Waals surface area contributed by atoms with Crippen LogP contribution >= 0.6 is 0 Å². The number of carbonyl (C=O) groups is 1. The highest BCUT2D eigenvalue weighted by molar-refractivity contribution is 5.82. The van der Waals surface area contributed by atoms with Crippen LogP contribution in [0, 0.1) is 0 Å². The van der Waals surface area contributed by atoms with Crippen LogP contribution in [0.5, 0.6) is 0 Å². The van der Waals surface area contributed by atoms with Crippen LogP contribution in [0.15, 0.2) is 10.6 Å². The summed E-state index contributed by atoms with van der Waals surface area (Å²) in [5.41, 5.74) is 0.0285. The van der Waals surface area contributed by atoms with Gasteiger partial charge in [-0.2, -0.15) is 0 Å². The number of nitrogens with zero attached hydrogens (tertiary/aromatic N) is 1. The van der Waals surface area contributed by atoms with Gasteiger partial charge >= 0.3 is 11.9 Å². The van der Waals surface area contributed by atoms with E-state index in [4.69, 9.17) is 9.52 Å². The zero-order chi connectivity index (χ0) is 9.47. The molecule has 1 aromatic heterocycles. The van der Waals surface area contributed by atoms with E-state index in [-0.39, 0.29) is 11.3 Å². The molecule has 0 saturated heterocycles. The molecule has 0 bridgehead atoms. The lowest BCUT2D eigenvalue weighted by atomic mass is 9.69. The summed E-state index contributed by atoms with van der Waals surface area (Å²) in [6.45, 7) is 2.07. The number of aromatic nitrogens is 1. The number of carboxylic acid groups (broad SMARTS) is 1. The third kappa shape index (κ3) is 1.22. The molecule has 1 aliphatic carbocycles. The summed E-state index contributed by atoms with van der Waals surface area (Å²) < 4.78 is 5.14. The zero-order valence-electron chi connectivity index (χ0n) is 7.41. The monoisotopic (exact) mass is 181 g/mol. The molecule has 0 amide bonds. The average Bonchev–Trinajstić information content (AvgIpc) is 2.48. The minimum absolute atomic E-state index is 0.0285. The first-order chi connectivity index (χ1) is 6.12. The van der Waals surface area contributed by atoms with E-state index in [0.717, 1.165) is 12.8 Å². The summed E-state index contributed by atoms with van der Waals surface area (Å²) in [4.78, 5) is 14.2. The van der Waals surface area contributed by atoms with Crippen LogP contribution in [0.1, 0.15) is 42.6 Å². The Labute approximate surface area is 75.6 Å². The smallest absolute Gasteiger partial charge is 0.392 e. The molecular weight excluding hydrogens is 170 g/mol. The highest BCUT2D eigenvalue weighted by Gasteiger charge is 2.37. The van der Waals surface area contributed by atoms with Crippen molar-refractivity contribution >= 4 is 5.97 Å². The van der Waals surface area contributed by atoms with Crippen molar-refractivity contribution in [2.75, 3.05) is 0 Å². The Kier molecular flexibility index (Phi) is 1.65. The van der Waals surface area contributed by atoms with Gasteiger partial charge in [0, 0.05) is 5.41 Å². The van der Waals surface area contributed by atoms with Crippen LogP contribution in [0.3, 0.4) is 0 Å². The fraction of sp³-hybridized carbons (Fsp3) is 0.556. The van der Waals surface area contributed by atoms with Crippen molar-refractivity contribution in [3.05, 3.63) is 17.8 Å². The summed E-state index contributed by atoms with van der Waals surface area (Å²) in [6.07, 6.45) is 4.82. The van der Waals surface area contributed by atoms with E-state index in [1.54, 1.807) is 0 Å². The van der Waals surface area contributed by atoms with Gasteiger partial charge in [0.1, 0.15) is 5.76 Å². The van der Waals surface area contributed by atoms with E-state index < -0.39 is 5.97 Å². The van der Waals surface area contributed by atoms with Crippen molar-refractivity contribution in [1.82, 2.24) is 4.98 Å². The lowest BCUT2D eigenvalue weighted by molar-refractivity contribution is 0.0646. The second kappa shape index (κ2) is 2.58. The first-order valence-corrected chi connectivity index (χ1v) is 4.31. The minimum Gasteiger partial charge on any atom is -0.474 e. The summed E-state index contributed by atoms with van der Waals surface area (Å²) in [5, 5.41) is 8.60. The van der Waals surface area contributed by atoms with Gasteiger partial charge in [-0.25, -0.2) is 9.78 Å².